The molecular weight excluding hydrogens is 638 g/mol. The monoisotopic (exact) mass is 671 g/mol. The van der Waals surface area contributed by atoms with Gasteiger partial charge in [-0.1, -0.05) is 108 Å². The zero-order valence-electron chi connectivity index (χ0n) is 26.8. The Labute approximate surface area is 288 Å². The van der Waals surface area contributed by atoms with Crippen molar-refractivity contribution in [1.29, 1.82) is 0 Å². The van der Waals surface area contributed by atoms with E-state index in [2.05, 4.69) is 5.16 Å². The van der Waals surface area contributed by atoms with Gasteiger partial charge < -0.3 is 23.8 Å². The van der Waals surface area contributed by atoms with Crippen molar-refractivity contribution in [2.75, 3.05) is 13.2 Å². The van der Waals surface area contributed by atoms with Crippen LogP contribution in [-0.2, 0) is 30.4 Å². The van der Waals surface area contributed by atoms with E-state index in [1.54, 1.807) is 109 Å². The molecule has 0 N–H and O–H groups in total. The van der Waals surface area contributed by atoms with Gasteiger partial charge >= 0.3 is 23.9 Å². The fourth-order valence-electron chi connectivity index (χ4n) is 4.62. The summed E-state index contributed by atoms with van der Waals surface area (Å²) in [4.78, 5) is 58.8. The molecule has 0 radical (unpaired) electrons. The van der Waals surface area contributed by atoms with Gasteiger partial charge in [0.05, 0.1) is 22.3 Å². The van der Waals surface area contributed by atoms with Crippen molar-refractivity contribution < 1.29 is 43.0 Å². The lowest BCUT2D eigenvalue weighted by molar-refractivity contribution is -0.0417. The Kier molecular flexibility index (Phi) is 12.6. The highest BCUT2D eigenvalue weighted by Gasteiger charge is 2.37. The summed E-state index contributed by atoms with van der Waals surface area (Å²) >= 11 is 0. The Morgan fingerprint density at radius 1 is 0.480 bits per heavy atom. The first-order valence-electron chi connectivity index (χ1n) is 15.7. The van der Waals surface area contributed by atoms with Gasteiger partial charge in [-0.15, -0.1) is 0 Å². The number of carbonyl (C=O) groups excluding carboxylic acids is 4. The van der Waals surface area contributed by atoms with Gasteiger partial charge in [-0.3, -0.25) is 0 Å². The first kappa shape index (κ1) is 34.8. The van der Waals surface area contributed by atoms with E-state index in [-0.39, 0.29) is 34.6 Å². The van der Waals surface area contributed by atoms with Gasteiger partial charge in [0.2, 0.25) is 0 Å². The zero-order chi connectivity index (χ0) is 35.0. The number of oxime groups is 1. The van der Waals surface area contributed by atoms with Crippen LogP contribution in [0, 0.1) is 0 Å². The Morgan fingerprint density at radius 2 is 0.880 bits per heavy atom. The number of ether oxygens (including phenoxy) is 4. The smallest absolute Gasteiger partial charge is 0.338 e. The number of carbonyl (C=O) groups is 4. The summed E-state index contributed by atoms with van der Waals surface area (Å²) in [6.07, 6.45) is -3.03. The minimum absolute atomic E-state index is 0.00772. The van der Waals surface area contributed by atoms with Crippen molar-refractivity contribution >= 4 is 29.6 Å². The lowest BCUT2D eigenvalue weighted by Crippen LogP contribution is -2.46. The van der Waals surface area contributed by atoms with E-state index in [1.165, 1.54) is 12.1 Å². The summed E-state index contributed by atoms with van der Waals surface area (Å²) in [7, 11) is 0. The Bertz CT molecular complexity index is 1870. The third kappa shape index (κ3) is 10.2. The van der Waals surface area contributed by atoms with Crippen molar-refractivity contribution in [3.63, 3.8) is 0 Å². The summed E-state index contributed by atoms with van der Waals surface area (Å²) in [5, 5.41) is 4.25. The largest absolute Gasteiger partial charge is 0.458 e. The number of benzene rings is 5. The van der Waals surface area contributed by atoms with E-state index in [9.17, 15) is 19.2 Å². The summed E-state index contributed by atoms with van der Waals surface area (Å²) in [6.45, 7) is -1.10. The second kappa shape index (κ2) is 18.1. The van der Waals surface area contributed by atoms with E-state index in [0.29, 0.717) is 0 Å². The second-order valence-corrected chi connectivity index (χ2v) is 10.8. The molecule has 0 heterocycles. The van der Waals surface area contributed by atoms with Crippen LogP contribution >= 0.6 is 0 Å². The minimum Gasteiger partial charge on any atom is -0.458 e. The fraction of sp³-hybridized carbons (Fsp3) is 0.125. The van der Waals surface area contributed by atoms with Gasteiger partial charge in [0.15, 0.2) is 12.2 Å². The molecule has 10 nitrogen and oxygen atoms in total. The van der Waals surface area contributed by atoms with Crippen molar-refractivity contribution in [1.82, 2.24) is 0 Å². The topological polar surface area (TPSA) is 127 Å². The normalized spacial score (nSPS) is 12.1. The van der Waals surface area contributed by atoms with E-state index in [0.717, 1.165) is 5.56 Å². The molecule has 5 aromatic carbocycles. The molecule has 252 valence electrons. The van der Waals surface area contributed by atoms with Crippen LogP contribution in [0.15, 0.2) is 157 Å². The minimum atomic E-state index is -1.56. The first-order chi connectivity index (χ1) is 24.5. The molecule has 0 aliphatic rings. The summed E-state index contributed by atoms with van der Waals surface area (Å²) in [6, 6.07) is 41.9. The van der Waals surface area contributed by atoms with Gasteiger partial charge in [-0.25, -0.2) is 19.2 Å². The van der Waals surface area contributed by atoms with Crippen molar-refractivity contribution in [2.24, 2.45) is 5.16 Å². The molecule has 0 amide bonds. The Hall–Kier alpha value is -6.55. The highest BCUT2D eigenvalue weighted by Crippen LogP contribution is 2.18. The van der Waals surface area contributed by atoms with Gasteiger partial charge in [0, 0.05) is 0 Å². The molecule has 10 heteroatoms. The van der Waals surface area contributed by atoms with Crippen molar-refractivity contribution in [2.45, 2.75) is 18.8 Å². The van der Waals surface area contributed by atoms with Crippen LogP contribution in [0.3, 0.4) is 0 Å². The zero-order valence-corrected chi connectivity index (χ0v) is 26.8. The van der Waals surface area contributed by atoms with E-state index >= 15 is 0 Å². The highest BCUT2D eigenvalue weighted by molar-refractivity contribution is 5.98. The maximum atomic E-state index is 13.6. The average Bonchev–Trinajstić information content (AvgIpc) is 3.18. The molecule has 0 saturated carbocycles. The van der Waals surface area contributed by atoms with Crippen LogP contribution in [0.4, 0.5) is 0 Å². The second-order valence-electron chi connectivity index (χ2n) is 10.8. The molecule has 5 aromatic rings. The lowest BCUT2D eigenvalue weighted by atomic mass is 10.1. The van der Waals surface area contributed by atoms with E-state index in [1.807, 2.05) is 30.3 Å². The molecule has 0 fully saturated rings. The fourth-order valence-corrected chi connectivity index (χ4v) is 4.62. The Balaban J connectivity index is 1.51. The molecule has 0 spiro atoms. The van der Waals surface area contributed by atoms with Crippen LogP contribution < -0.4 is 0 Å². The van der Waals surface area contributed by atoms with Crippen LogP contribution in [-0.4, -0.2) is 55.0 Å². The first-order valence-corrected chi connectivity index (χ1v) is 15.7. The number of nitrogens with zero attached hydrogens (tertiary/aromatic N) is 1. The van der Waals surface area contributed by atoms with E-state index < -0.39 is 49.3 Å². The molecule has 0 unspecified atom stereocenters. The molecule has 5 rings (SSSR count). The number of rotatable bonds is 15. The van der Waals surface area contributed by atoms with E-state index in [4.69, 9.17) is 23.8 Å². The van der Waals surface area contributed by atoms with Crippen LogP contribution in [0.5, 0.6) is 0 Å². The molecular formula is C40H33NO9. The molecule has 50 heavy (non-hydrogen) atoms. The van der Waals surface area contributed by atoms with Crippen LogP contribution in [0.25, 0.3) is 0 Å². The van der Waals surface area contributed by atoms with Crippen molar-refractivity contribution in [3.8, 4) is 0 Å². The quantitative estimate of drug-likeness (QED) is 0.0516. The summed E-state index contributed by atoms with van der Waals surface area (Å²) < 4.78 is 23.1. The Morgan fingerprint density at radius 3 is 1.36 bits per heavy atom. The molecule has 0 bridgehead atoms. The molecule has 0 aliphatic heterocycles. The van der Waals surface area contributed by atoms with Gasteiger partial charge in [-0.05, 0) is 54.1 Å². The standard InChI is InChI=1S/C40H33NO9/c42-37(30-18-8-2-9-19-30)46-27-34(41-48-26-29-16-6-1-7-17-29)36(50-40(45)33-24-14-5-15-25-33)35(49-39(44)32-22-12-4-13-23-32)28-47-38(43)31-20-10-3-11-21-31/h1-25,35-36H,26-28H2/b41-34+/t35-,36-/m1/s1. The third-order valence-corrected chi connectivity index (χ3v) is 7.18. The highest BCUT2D eigenvalue weighted by atomic mass is 16.6. The maximum Gasteiger partial charge on any atom is 0.338 e. The van der Waals surface area contributed by atoms with Gasteiger partial charge in [0.25, 0.3) is 0 Å². The molecule has 0 saturated heterocycles. The summed E-state index contributed by atoms with van der Waals surface area (Å²) in [5.41, 5.74) is 1.52. The van der Waals surface area contributed by atoms with Gasteiger partial charge in [-0.2, -0.15) is 0 Å². The number of esters is 4. The maximum absolute atomic E-state index is 13.6. The van der Waals surface area contributed by atoms with Gasteiger partial charge in [0.1, 0.15) is 25.5 Å². The molecule has 2 atom stereocenters. The average molecular weight is 672 g/mol. The molecule has 0 aromatic heterocycles. The third-order valence-electron chi connectivity index (χ3n) is 7.18. The molecule has 0 aliphatic carbocycles. The SMILES string of the molecule is O=C(OC/C(=N\OCc1ccccc1)[C@@H](OC(=O)c1ccccc1)[C@@H](COC(=O)c1ccccc1)OC(=O)c1ccccc1)c1ccccc1. The van der Waals surface area contributed by atoms with Crippen LogP contribution in [0.1, 0.15) is 47.0 Å². The van der Waals surface area contributed by atoms with Crippen molar-refractivity contribution in [3.05, 3.63) is 179 Å². The van der Waals surface area contributed by atoms with Crippen LogP contribution in [0.2, 0.25) is 0 Å². The number of hydrogen-bond acceptors (Lipinski definition) is 10. The lowest BCUT2D eigenvalue weighted by Gasteiger charge is -2.27. The predicted molar refractivity (Wildman–Crippen MR) is 183 cm³/mol. The predicted octanol–water partition coefficient (Wildman–Crippen LogP) is 6.72. The number of hydrogen-bond donors (Lipinski definition) is 0. The summed E-state index contributed by atoms with van der Waals surface area (Å²) in [5.74, 6) is -3.01.